The van der Waals surface area contributed by atoms with Gasteiger partial charge >= 0.3 is 11.9 Å². The summed E-state index contributed by atoms with van der Waals surface area (Å²) in [6.07, 6.45) is 6.38. The number of rotatable bonds is 7. The maximum atomic E-state index is 9.30. The number of benzene rings is 1. The number of ether oxygens (including phenoxy) is 1. The smallest absolute Gasteiger partial charge is 0.414 e. The zero-order valence-corrected chi connectivity index (χ0v) is 16.3. The van der Waals surface area contributed by atoms with Crippen LogP contribution < -0.4 is 4.74 Å². The van der Waals surface area contributed by atoms with Gasteiger partial charge in [0.2, 0.25) is 0 Å². The largest absolute Gasteiger partial charge is 0.497 e. The minimum atomic E-state index is -1.82. The van der Waals surface area contributed by atoms with Crippen molar-refractivity contribution < 1.29 is 29.7 Å². The number of carbonyl (C=O) groups is 2. The highest BCUT2D eigenvalue weighted by molar-refractivity contribution is 6.27. The van der Waals surface area contributed by atoms with Gasteiger partial charge in [0.25, 0.3) is 0 Å². The van der Waals surface area contributed by atoms with Gasteiger partial charge in [-0.05, 0) is 62.1 Å². The first-order chi connectivity index (χ1) is 13.4. The van der Waals surface area contributed by atoms with Gasteiger partial charge in [-0.25, -0.2) is 9.59 Å². The Kier molecular flexibility index (Phi) is 10.3. The lowest BCUT2D eigenvalue weighted by Gasteiger charge is -2.26. The summed E-state index contributed by atoms with van der Waals surface area (Å²) in [5.74, 6) is -2.84. The lowest BCUT2D eigenvalue weighted by atomic mass is 9.99. The van der Waals surface area contributed by atoms with Crippen LogP contribution >= 0.6 is 0 Å². The second-order valence-electron chi connectivity index (χ2n) is 6.31. The van der Waals surface area contributed by atoms with Gasteiger partial charge in [0.1, 0.15) is 5.75 Å². The molecular formula is C20H28N2O6. The monoisotopic (exact) mass is 392 g/mol. The molecule has 0 atom stereocenters. The Balaban J connectivity index is 0.000000568. The van der Waals surface area contributed by atoms with Crippen LogP contribution in [0.5, 0.6) is 5.75 Å². The van der Waals surface area contributed by atoms with E-state index in [1.54, 1.807) is 7.11 Å². The number of nitrogens with zero attached hydrogens (tertiary/aromatic N) is 2. The predicted molar refractivity (Wildman–Crippen MR) is 105 cm³/mol. The van der Waals surface area contributed by atoms with E-state index in [2.05, 4.69) is 23.1 Å². The number of carboxylic acids is 2. The molecule has 0 radical (unpaired) electrons. The molecule has 1 aromatic carbocycles. The van der Waals surface area contributed by atoms with Gasteiger partial charge in [0.05, 0.1) is 12.8 Å². The zero-order valence-electron chi connectivity index (χ0n) is 16.3. The van der Waals surface area contributed by atoms with E-state index < -0.39 is 11.9 Å². The first-order valence-electron chi connectivity index (χ1n) is 9.13. The number of aliphatic carboxylic acids is 2. The number of hydrogen-bond donors (Lipinski definition) is 3. The van der Waals surface area contributed by atoms with Gasteiger partial charge in [0.15, 0.2) is 0 Å². The van der Waals surface area contributed by atoms with Crippen LogP contribution in [0.3, 0.4) is 0 Å². The molecule has 0 saturated carbocycles. The number of carboxylic acid groups (broad SMARTS) is 2. The molecule has 1 aromatic rings. The summed E-state index contributed by atoms with van der Waals surface area (Å²) in [5.41, 5.74) is 3.13. The molecule has 154 valence electrons. The van der Waals surface area contributed by atoms with Crippen LogP contribution in [-0.2, 0) is 9.59 Å². The van der Waals surface area contributed by atoms with Crippen molar-refractivity contribution in [3.8, 4) is 5.75 Å². The van der Waals surface area contributed by atoms with Gasteiger partial charge < -0.3 is 20.2 Å². The van der Waals surface area contributed by atoms with Crippen LogP contribution in [0.15, 0.2) is 41.1 Å². The zero-order chi connectivity index (χ0) is 20.9. The van der Waals surface area contributed by atoms with Crippen molar-refractivity contribution in [1.82, 2.24) is 4.90 Å². The van der Waals surface area contributed by atoms with E-state index in [1.165, 1.54) is 12.0 Å². The van der Waals surface area contributed by atoms with Crippen molar-refractivity contribution in [2.24, 2.45) is 5.16 Å². The first-order valence-corrected chi connectivity index (χ1v) is 9.13. The third-order valence-corrected chi connectivity index (χ3v) is 4.25. The van der Waals surface area contributed by atoms with E-state index in [0.717, 1.165) is 55.9 Å². The average Bonchev–Trinajstić information content (AvgIpc) is 2.70. The average molecular weight is 392 g/mol. The first kappa shape index (κ1) is 23.2. The Bertz CT molecular complexity index is 685. The Morgan fingerprint density at radius 1 is 1.18 bits per heavy atom. The van der Waals surface area contributed by atoms with Crippen molar-refractivity contribution >= 4 is 17.7 Å². The third kappa shape index (κ3) is 8.22. The van der Waals surface area contributed by atoms with Gasteiger partial charge in [0, 0.05) is 13.1 Å². The molecular weight excluding hydrogens is 364 g/mol. The molecule has 3 N–H and O–H groups in total. The van der Waals surface area contributed by atoms with Crippen LogP contribution in [0.25, 0.3) is 0 Å². The fourth-order valence-electron chi connectivity index (χ4n) is 2.88. The minimum Gasteiger partial charge on any atom is -0.497 e. The molecule has 8 heteroatoms. The van der Waals surface area contributed by atoms with Crippen LogP contribution in [0.2, 0.25) is 0 Å². The summed E-state index contributed by atoms with van der Waals surface area (Å²) in [6, 6.07) is 7.66. The van der Waals surface area contributed by atoms with Crippen LogP contribution in [0, 0.1) is 0 Å². The van der Waals surface area contributed by atoms with Crippen molar-refractivity contribution in [1.29, 1.82) is 0 Å². The molecule has 0 unspecified atom stereocenters. The topological polar surface area (TPSA) is 120 Å². The molecule has 0 aliphatic carbocycles. The highest BCUT2D eigenvalue weighted by Crippen LogP contribution is 2.18. The summed E-state index contributed by atoms with van der Waals surface area (Å²) in [4.78, 5) is 20.7. The lowest BCUT2D eigenvalue weighted by molar-refractivity contribution is -0.159. The summed E-state index contributed by atoms with van der Waals surface area (Å²) >= 11 is 0. The number of oxime groups is 1. The molecule has 28 heavy (non-hydrogen) atoms. The van der Waals surface area contributed by atoms with Gasteiger partial charge in [-0.3, -0.25) is 4.90 Å². The maximum absolute atomic E-state index is 9.30. The summed E-state index contributed by atoms with van der Waals surface area (Å²) < 4.78 is 5.16. The lowest BCUT2D eigenvalue weighted by Crippen LogP contribution is -2.30. The van der Waals surface area contributed by atoms with E-state index >= 15 is 0 Å². The van der Waals surface area contributed by atoms with E-state index in [1.807, 2.05) is 24.3 Å². The fourth-order valence-corrected chi connectivity index (χ4v) is 2.88. The van der Waals surface area contributed by atoms with Crippen molar-refractivity contribution in [3.63, 3.8) is 0 Å². The molecule has 2 rings (SSSR count). The van der Waals surface area contributed by atoms with E-state index in [9.17, 15) is 5.21 Å². The van der Waals surface area contributed by atoms with Crippen LogP contribution in [0.4, 0.5) is 0 Å². The summed E-state index contributed by atoms with van der Waals surface area (Å²) in [5, 5.41) is 27.6. The van der Waals surface area contributed by atoms with Crippen LogP contribution in [0.1, 0.15) is 38.2 Å². The highest BCUT2D eigenvalue weighted by Gasteiger charge is 2.13. The Labute approximate surface area is 164 Å². The van der Waals surface area contributed by atoms with Crippen molar-refractivity contribution in [3.05, 3.63) is 41.5 Å². The van der Waals surface area contributed by atoms with Crippen molar-refractivity contribution in [2.45, 2.75) is 32.6 Å². The number of hydrogen-bond acceptors (Lipinski definition) is 6. The van der Waals surface area contributed by atoms with Gasteiger partial charge in [-0.2, -0.15) is 0 Å². The normalized spacial score (nSPS) is 14.5. The molecule has 8 nitrogen and oxygen atoms in total. The molecule has 0 bridgehead atoms. The van der Waals surface area contributed by atoms with E-state index in [0.29, 0.717) is 0 Å². The second-order valence-corrected chi connectivity index (χ2v) is 6.31. The SMILES string of the molecule is CCCN1CCC=C(CC/C(=N/O)c2ccc(OC)cc2)C1.O=C(O)C(=O)O. The van der Waals surface area contributed by atoms with Crippen molar-refractivity contribution in [2.75, 3.05) is 26.7 Å². The van der Waals surface area contributed by atoms with E-state index in [4.69, 9.17) is 24.5 Å². The predicted octanol–water partition coefficient (Wildman–Crippen LogP) is 2.85. The maximum Gasteiger partial charge on any atom is 0.414 e. The molecule has 0 aromatic heterocycles. The molecule has 0 spiro atoms. The standard InChI is InChI=1S/C18H26N2O2.C2H2O4/c1-3-12-20-13-4-5-15(14-20)6-11-18(19-21)16-7-9-17(22-2)10-8-16;3-1(4)2(5)6/h5,7-10,21H,3-4,6,11-14H2,1-2H3;(H,3,4)(H,5,6)/b19-18-;. The molecule has 0 amide bonds. The van der Waals surface area contributed by atoms with Gasteiger partial charge in [-0.15, -0.1) is 0 Å². The van der Waals surface area contributed by atoms with Gasteiger partial charge in [-0.1, -0.05) is 23.7 Å². The Morgan fingerprint density at radius 3 is 2.32 bits per heavy atom. The molecule has 0 saturated heterocycles. The quantitative estimate of drug-likeness (QED) is 0.215. The minimum absolute atomic E-state index is 0.733. The molecule has 1 heterocycles. The molecule has 0 fully saturated rings. The second kappa shape index (κ2) is 12.5. The summed E-state index contributed by atoms with van der Waals surface area (Å²) in [6.45, 7) is 5.60. The molecule has 1 aliphatic rings. The Morgan fingerprint density at radius 2 is 1.82 bits per heavy atom. The molecule has 1 aliphatic heterocycles. The highest BCUT2D eigenvalue weighted by atomic mass is 16.5. The number of methoxy groups -OCH3 is 1. The third-order valence-electron chi connectivity index (χ3n) is 4.25. The Hall–Kier alpha value is -2.87. The fraction of sp³-hybridized carbons (Fsp3) is 0.450. The summed E-state index contributed by atoms with van der Waals surface area (Å²) in [7, 11) is 1.65. The van der Waals surface area contributed by atoms with Crippen LogP contribution in [-0.4, -0.2) is 64.7 Å². The van der Waals surface area contributed by atoms with E-state index in [-0.39, 0.29) is 0 Å².